The summed E-state index contributed by atoms with van der Waals surface area (Å²) in [6.07, 6.45) is 2.10. The topological polar surface area (TPSA) is 101 Å². The Morgan fingerprint density at radius 3 is 2.26 bits per heavy atom. The van der Waals surface area contributed by atoms with Crippen LogP contribution in [0, 0.1) is 0 Å². The van der Waals surface area contributed by atoms with Crippen molar-refractivity contribution in [3.05, 3.63) is 69.7 Å². The molecule has 2 aromatic rings. The van der Waals surface area contributed by atoms with E-state index in [4.69, 9.17) is 33.4 Å². The first-order chi connectivity index (χ1) is 16.3. The van der Waals surface area contributed by atoms with Crippen molar-refractivity contribution in [3.8, 4) is 0 Å². The monoisotopic (exact) mass is 524 g/mol. The molecule has 7 nitrogen and oxygen atoms in total. The number of carboxylic acid groups (broad SMARTS) is 2. The van der Waals surface area contributed by atoms with E-state index in [0.29, 0.717) is 28.2 Å². The van der Waals surface area contributed by atoms with E-state index in [9.17, 15) is 14.7 Å². The third-order valence-electron chi connectivity index (χ3n) is 5.67. The second-order valence-electron chi connectivity index (χ2n) is 7.82. The molecule has 2 aromatic carbocycles. The van der Waals surface area contributed by atoms with Crippen LogP contribution in [0.15, 0.2) is 58.3 Å². The number of nitrogens with zero attached hydrogens (tertiary/aromatic N) is 2. The smallest absolute Gasteiger partial charge is 0.328 e. The Kier molecular flexibility index (Phi) is 9.82. The molecule has 1 fully saturated rings. The molecule has 0 spiro atoms. The zero-order chi connectivity index (χ0) is 24.7. The van der Waals surface area contributed by atoms with E-state index >= 15 is 0 Å². The number of hydrogen-bond acceptors (Lipinski definition) is 6. The van der Waals surface area contributed by atoms with Crippen LogP contribution in [-0.2, 0) is 16.0 Å². The molecule has 2 heterocycles. The third kappa shape index (κ3) is 6.97. The van der Waals surface area contributed by atoms with Gasteiger partial charge in [0.2, 0.25) is 0 Å². The number of carbonyl (C=O) groups is 2. The average molecular weight is 525 g/mol. The molecule has 182 valence electrons. The summed E-state index contributed by atoms with van der Waals surface area (Å²) in [4.78, 5) is 26.3. The van der Waals surface area contributed by atoms with Crippen molar-refractivity contribution >= 4 is 46.9 Å². The Morgan fingerprint density at radius 2 is 1.65 bits per heavy atom. The summed E-state index contributed by atoms with van der Waals surface area (Å²) in [5.74, 6) is -2.51. The number of fused-ring (bicyclic) bond motifs is 2. The van der Waals surface area contributed by atoms with Crippen LogP contribution in [0.2, 0.25) is 10.0 Å². The highest BCUT2D eigenvalue weighted by atomic mass is 35.5. The second-order valence-corrected chi connectivity index (χ2v) is 9.66. The lowest BCUT2D eigenvalue weighted by Gasteiger charge is -2.39. The number of halogens is 2. The fraction of sp³-hybridized carbons (Fsp3) is 0.333. The van der Waals surface area contributed by atoms with E-state index in [0.717, 1.165) is 44.0 Å². The molecule has 2 aliphatic heterocycles. The summed E-state index contributed by atoms with van der Waals surface area (Å²) < 4.78 is 0. The first kappa shape index (κ1) is 26.5. The van der Waals surface area contributed by atoms with Crippen LogP contribution in [-0.4, -0.2) is 76.4 Å². The highest BCUT2D eigenvalue weighted by Gasteiger charge is 2.31. The standard InChI is InChI=1S/C20H22Cl2N2OS.C4H4O4/c21-16-6-5-15-17(24-9-7-23(8-10-24)11-12-25)13-14-3-1-2-4-18(14)26-20(15)19(16)22;5-3(6)1-2-4(7)8/h1-6,17,25H,7-13H2;1-2H,(H,5,6)(H,7,8). The van der Waals surface area contributed by atoms with E-state index in [1.807, 2.05) is 6.07 Å². The normalized spacial score (nSPS) is 18.4. The average Bonchev–Trinajstić information content (AvgIpc) is 2.99. The number of carboxylic acids is 2. The molecule has 1 atom stereocenters. The number of aliphatic hydroxyl groups excluding tert-OH is 1. The maximum absolute atomic E-state index is 9.55. The number of aliphatic carboxylic acids is 2. The molecule has 1 saturated heterocycles. The van der Waals surface area contributed by atoms with Crippen LogP contribution < -0.4 is 0 Å². The van der Waals surface area contributed by atoms with Crippen LogP contribution in [0.1, 0.15) is 17.2 Å². The number of aliphatic hydroxyl groups is 1. The summed E-state index contributed by atoms with van der Waals surface area (Å²) in [6, 6.07) is 13.0. The number of benzene rings is 2. The van der Waals surface area contributed by atoms with Gasteiger partial charge in [0.1, 0.15) is 0 Å². The predicted octanol–water partition coefficient (Wildman–Crippen LogP) is 4.06. The van der Waals surface area contributed by atoms with Crippen LogP contribution in [0.5, 0.6) is 0 Å². The third-order valence-corrected chi connectivity index (χ3v) is 7.85. The number of piperazine rings is 1. The highest BCUT2D eigenvalue weighted by molar-refractivity contribution is 7.99. The van der Waals surface area contributed by atoms with E-state index in [1.165, 1.54) is 16.0 Å². The Morgan fingerprint density at radius 1 is 1.00 bits per heavy atom. The zero-order valence-electron chi connectivity index (χ0n) is 18.4. The van der Waals surface area contributed by atoms with Crippen molar-refractivity contribution < 1.29 is 24.9 Å². The summed E-state index contributed by atoms with van der Waals surface area (Å²) in [7, 11) is 0. The van der Waals surface area contributed by atoms with Crippen molar-refractivity contribution in [2.75, 3.05) is 39.3 Å². The van der Waals surface area contributed by atoms with Crippen molar-refractivity contribution in [2.24, 2.45) is 0 Å². The maximum Gasteiger partial charge on any atom is 0.328 e. The molecule has 10 heteroatoms. The van der Waals surface area contributed by atoms with Crippen molar-refractivity contribution in [2.45, 2.75) is 22.3 Å². The van der Waals surface area contributed by atoms with Crippen LogP contribution >= 0.6 is 35.0 Å². The minimum Gasteiger partial charge on any atom is -0.478 e. The Hall–Kier alpha value is -2.07. The lowest BCUT2D eigenvalue weighted by atomic mass is 9.96. The fourth-order valence-corrected chi connectivity index (χ4v) is 5.69. The van der Waals surface area contributed by atoms with Gasteiger partial charge in [-0.1, -0.05) is 59.2 Å². The van der Waals surface area contributed by atoms with Gasteiger partial charge in [-0.25, -0.2) is 9.59 Å². The Balaban J connectivity index is 0.000000350. The molecule has 0 radical (unpaired) electrons. The summed E-state index contributed by atoms with van der Waals surface area (Å²) in [5.41, 5.74) is 2.64. The van der Waals surface area contributed by atoms with Crippen LogP contribution in [0.3, 0.4) is 0 Å². The van der Waals surface area contributed by atoms with Crippen molar-refractivity contribution in [3.63, 3.8) is 0 Å². The van der Waals surface area contributed by atoms with Gasteiger partial charge in [0.05, 0.1) is 16.7 Å². The van der Waals surface area contributed by atoms with E-state index in [2.05, 4.69) is 40.1 Å². The maximum atomic E-state index is 9.55. The Labute approximate surface area is 212 Å². The quantitative estimate of drug-likeness (QED) is 0.503. The van der Waals surface area contributed by atoms with Crippen LogP contribution in [0.25, 0.3) is 0 Å². The Bertz CT molecular complexity index is 1040. The van der Waals surface area contributed by atoms with Gasteiger partial charge >= 0.3 is 11.9 Å². The molecule has 2 aliphatic rings. The fourth-order valence-electron chi connectivity index (χ4n) is 4.02. The largest absolute Gasteiger partial charge is 0.478 e. The molecule has 0 saturated carbocycles. The van der Waals surface area contributed by atoms with Gasteiger partial charge in [-0.2, -0.15) is 0 Å². The minimum absolute atomic E-state index is 0.227. The number of hydrogen-bond donors (Lipinski definition) is 3. The molecular formula is C24H26Cl2N2O5S. The van der Waals surface area contributed by atoms with Gasteiger partial charge in [0.15, 0.2) is 0 Å². The molecule has 0 aromatic heterocycles. The van der Waals surface area contributed by atoms with E-state index in [1.54, 1.807) is 11.8 Å². The molecule has 3 N–H and O–H groups in total. The van der Waals surface area contributed by atoms with Gasteiger partial charge in [-0.05, 0) is 29.7 Å². The second kappa shape index (κ2) is 12.6. The highest BCUT2D eigenvalue weighted by Crippen LogP contribution is 2.47. The SMILES string of the molecule is O=C(O)C=CC(=O)O.OCCN1CCN(C2Cc3ccccc3Sc3c2ccc(Cl)c3Cl)CC1. The molecule has 34 heavy (non-hydrogen) atoms. The van der Waals surface area contributed by atoms with Gasteiger partial charge < -0.3 is 15.3 Å². The minimum atomic E-state index is -1.26. The molecule has 4 rings (SSSR count). The zero-order valence-corrected chi connectivity index (χ0v) is 20.7. The van der Waals surface area contributed by atoms with E-state index in [-0.39, 0.29) is 6.61 Å². The first-order valence-corrected chi connectivity index (χ1v) is 12.3. The van der Waals surface area contributed by atoms with Gasteiger partial charge in [0.25, 0.3) is 0 Å². The molecular weight excluding hydrogens is 499 g/mol. The van der Waals surface area contributed by atoms with Crippen molar-refractivity contribution in [1.82, 2.24) is 9.80 Å². The molecule has 0 bridgehead atoms. The summed E-state index contributed by atoms with van der Waals surface area (Å²) in [5, 5.41) is 26.1. The molecule has 0 aliphatic carbocycles. The van der Waals surface area contributed by atoms with Crippen molar-refractivity contribution in [1.29, 1.82) is 0 Å². The predicted molar refractivity (Wildman–Crippen MR) is 133 cm³/mol. The van der Waals surface area contributed by atoms with Gasteiger partial charge in [-0.15, -0.1) is 0 Å². The molecule has 1 unspecified atom stereocenters. The molecule has 0 amide bonds. The van der Waals surface area contributed by atoms with Crippen LogP contribution in [0.4, 0.5) is 0 Å². The lowest BCUT2D eigenvalue weighted by Crippen LogP contribution is -2.48. The van der Waals surface area contributed by atoms with Gasteiger partial charge in [-0.3, -0.25) is 9.80 Å². The van der Waals surface area contributed by atoms with Gasteiger partial charge in [0, 0.05) is 60.7 Å². The summed E-state index contributed by atoms with van der Waals surface area (Å²) >= 11 is 14.7. The number of rotatable bonds is 5. The first-order valence-electron chi connectivity index (χ1n) is 10.7. The van der Waals surface area contributed by atoms with E-state index < -0.39 is 11.9 Å². The lowest BCUT2D eigenvalue weighted by molar-refractivity contribution is -0.134. The number of β-amino-alcohol motifs (C(OH)–C–C–N with tert-alkyl or cyclic N) is 1. The summed E-state index contributed by atoms with van der Waals surface area (Å²) in [6.45, 7) is 4.96.